The zero-order valence-corrected chi connectivity index (χ0v) is 15.9. The molecule has 0 bridgehead atoms. The number of hydrogen-bond donors (Lipinski definition) is 0. The molecule has 136 valence electrons. The molecule has 1 fully saturated rings. The van der Waals surface area contributed by atoms with Crippen molar-refractivity contribution in [2.45, 2.75) is 44.8 Å². The highest BCUT2D eigenvalue weighted by Gasteiger charge is 2.46. The Hall–Kier alpha value is -2.33. The van der Waals surface area contributed by atoms with Crippen molar-refractivity contribution in [1.82, 2.24) is 4.90 Å². The molecule has 2 aromatic rings. The fourth-order valence-corrected chi connectivity index (χ4v) is 3.43. The van der Waals surface area contributed by atoms with E-state index in [4.69, 9.17) is 16.3 Å². The van der Waals surface area contributed by atoms with E-state index in [1.807, 2.05) is 42.5 Å². The summed E-state index contributed by atoms with van der Waals surface area (Å²) in [4.78, 5) is 26.7. The molecule has 2 amide bonds. The molecular formula is C21H22ClNO3. The molecule has 1 heterocycles. The molecule has 2 atom stereocenters. The third kappa shape index (κ3) is 3.91. The maximum Gasteiger partial charge on any atom is 0.417 e. The first-order valence-corrected chi connectivity index (χ1v) is 8.99. The van der Waals surface area contributed by atoms with Gasteiger partial charge in [-0.3, -0.25) is 4.79 Å². The summed E-state index contributed by atoms with van der Waals surface area (Å²) in [5.41, 5.74) is 1.21. The first-order valence-electron chi connectivity index (χ1n) is 8.62. The monoisotopic (exact) mass is 371 g/mol. The fraction of sp³-hybridized carbons (Fsp3) is 0.333. The maximum absolute atomic E-state index is 12.8. The van der Waals surface area contributed by atoms with Crippen LogP contribution < -0.4 is 0 Å². The number of ether oxygens (including phenoxy) is 1. The number of imide groups is 1. The van der Waals surface area contributed by atoms with E-state index in [0.29, 0.717) is 5.02 Å². The molecule has 0 saturated carbocycles. The van der Waals surface area contributed by atoms with E-state index in [2.05, 4.69) is 0 Å². The minimum absolute atomic E-state index is 0.127. The molecule has 0 spiro atoms. The molecule has 5 heteroatoms. The number of carbonyl (C=O) groups excluding carboxylic acids is 2. The quantitative estimate of drug-likeness (QED) is 0.716. The smallest absolute Gasteiger partial charge is 0.417 e. The van der Waals surface area contributed by atoms with E-state index in [0.717, 1.165) is 11.1 Å². The van der Waals surface area contributed by atoms with Gasteiger partial charge in [-0.25, -0.2) is 9.69 Å². The van der Waals surface area contributed by atoms with Gasteiger partial charge in [0, 0.05) is 17.4 Å². The van der Waals surface area contributed by atoms with Crippen LogP contribution >= 0.6 is 11.6 Å². The molecule has 0 radical (unpaired) electrons. The molecule has 0 N–H and O–H groups in total. The summed E-state index contributed by atoms with van der Waals surface area (Å²) >= 11 is 6.01. The highest BCUT2D eigenvalue weighted by atomic mass is 35.5. The molecule has 4 nitrogen and oxygen atoms in total. The van der Waals surface area contributed by atoms with Crippen molar-refractivity contribution in [2.24, 2.45) is 0 Å². The van der Waals surface area contributed by atoms with Gasteiger partial charge < -0.3 is 4.74 Å². The standard InChI is InChI=1S/C21H22ClNO3/c1-21(2,3)26-20(25)23-18(24)13-17(14-7-5-4-6-8-14)19(23)15-9-11-16(22)12-10-15/h4-12,17,19H,13H2,1-3H3. The normalized spacial score (nSPS) is 20.3. The summed E-state index contributed by atoms with van der Waals surface area (Å²) in [5, 5.41) is 0.609. The molecular weight excluding hydrogens is 350 g/mol. The second-order valence-electron chi connectivity index (χ2n) is 7.46. The van der Waals surface area contributed by atoms with E-state index in [1.165, 1.54) is 4.90 Å². The number of hydrogen-bond acceptors (Lipinski definition) is 3. The number of halogens is 1. The van der Waals surface area contributed by atoms with Gasteiger partial charge in [0.2, 0.25) is 5.91 Å². The van der Waals surface area contributed by atoms with Gasteiger partial charge in [-0.05, 0) is 44.0 Å². The highest BCUT2D eigenvalue weighted by molar-refractivity contribution is 6.30. The summed E-state index contributed by atoms with van der Waals surface area (Å²) in [6, 6.07) is 16.6. The Morgan fingerprint density at radius 2 is 1.65 bits per heavy atom. The second-order valence-corrected chi connectivity index (χ2v) is 7.90. The summed E-state index contributed by atoms with van der Waals surface area (Å²) in [7, 11) is 0. The zero-order valence-electron chi connectivity index (χ0n) is 15.1. The van der Waals surface area contributed by atoms with Crippen molar-refractivity contribution >= 4 is 23.6 Å². The van der Waals surface area contributed by atoms with E-state index in [9.17, 15) is 9.59 Å². The number of likely N-dealkylation sites (tertiary alicyclic amines) is 1. The number of carbonyl (C=O) groups is 2. The molecule has 1 aliphatic rings. The van der Waals surface area contributed by atoms with Crippen LogP contribution in [0.2, 0.25) is 5.02 Å². The van der Waals surface area contributed by atoms with Crippen molar-refractivity contribution in [3.8, 4) is 0 Å². The van der Waals surface area contributed by atoms with Crippen LogP contribution in [0.15, 0.2) is 54.6 Å². The predicted molar refractivity (Wildman–Crippen MR) is 101 cm³/mol. The lowest BCUT2D eigenvalue weighted by Crippen LogP contribution is -2.39. The average molecular weight is 372 g/mol. The van der Waals surface area contributed by atoms with Crippen molar-refractivity contribution in [3.63, 3.8) is 0 Å². The van der Waals surface area contributed by atoms with Crippen molar-refractivity contribution < 1.29 is 14.3 Å². The Bertz CT molecular complexity index is 796. The molecule has 1 aliphatic heterocycles. The summed E-state index contributed by atoms with van der Waals surface area (Å²) in [5.74, 6) is -0.356. The van der Waals surface area contributed by atoms with Gasteiger partial charge in [-0.2, -0.15) is 0 Å². The minimum atomic E-state index is -0.674. The molecule has 2 unspecified atom stereocenters. The first-order chi connectivity index (χ1) is 12.3. The van der Waals surface area contributed by atoms with Crippen LogP contribution in [0.25, 0.3) is 0 Å². The molecule has 0 aliphatic carbocycles. The van der Waals surface area contributed by atoms with Crippen LogP contribution in [0, 0.1) is 0 Å². The lowest BCUT2D eigenvalue weighted by atomic mass is 9.87. The van der Waals surface area contributed by atoms with Gasteiger partial charge in [0.05, 0.1) is 6.04 Å². The lowest BCUT2D eigenvalue weighted by molar-refractivity contribution is -0.128. The van der Waals surface area contributed by atoms with Gasteiger partial charge in [-0.15, -0.1) is 0 Å². The van der Waals surface area contributed by atoms with E-state index in [1.54, 1.807) is 32.9 Å². The number of rotatable bonds is 2. The Morgan fingerprint density at radius 1 is 1.04 bits per heavy atom. The third-order valence-electron chi connectivity index (χ3n) is 4.35. The van der Waals surface area contributed by atoms with E-state index < -0.39 is 17.7 Å². The molecule has 1 saturated heterocycles. The van der Waals surface area contributed by atoms with Gasteiger partial charge in [-0.1, -0.05) is 54.1 Å². The molecule has 2 aromatic carbocycles. The summed E-state index contributed by atoms with van der Waals surface area (Å²) in [6.45, 7) is 5.37. The van der Waals surface area contributed by atoms with Crippen molar-refractivity contribution in [1.29, 1.82) is 0 Å². The van der Waals surface area contributed by atoms with E-state index in [-0.39, 0.29) is 18.2 Å². The molecule has 3 rings (SSSR count). The molecule has 0 aromatic heterocycles. The van der Waals surface area contributed by atoms with Crippen LogP contribution in [-0.2, 0) is 9.53 Å². The molecule has 26 heavy (non-hydrogen) atoms. The second kappa shape index (κ2) is 7.12. The maximum atomic E-state index is 12.8. The van der Waals surface area contributed by atoms with Crippen LogP contribution in [0.5, 0.6) is 0 Å². The van der Waals surface area contributed by atoms with Gasteiger partial charge in [0.1, 0.15) is 5.60 Å². The number of nitrogens with zero attached hydrogens (tertiary/aromatic N) is 1. The summed E-state index contributed by atoms with van der Waals surface area (Å²) < 4.78 is 5.49. The van der Waals surface area contributed by atoms with Crippen LogP contribution in [0.4, 0.5) is 4.79 Å². The van der Waals surface area contributed by atoms with Gasteiger partial charge in [0.15, 0.2) is 0 Å². The number of amides is 2. The zero-order chi connectivity index (χ0) is 18.9. The predicted octanol–water partition coefficient (Wildman–Crippen LogP) is 5.33. The lowest BCUT2D eigenvalue weighted by Gasteiger charge is -2.30. The summed E-state index contributed by atoms with van der Waals surface area (Å²) in [6.07, 6.45) is -0.350. The first kappa shape index (κ1) is 18.5. The van der Waals surface area contributed by atoms with Gasteiger partial charge in [0.25, 0.3) is 0 Å². The van der Waals surface area contributed by atoms with Gasteiger partial charge >= 0.3 is 6.09 Å². The third-order valence-corrected chi connectivity index (χ3v) is 4.60. The Balaban J connectivity index is 2.03. The fourth-order valence-electron chi connectivity index (χ4n) is 3.30. The van der Waals surface area contributed by atoms with Crippen molar-refractivity contribution in [3.05, 3.63) is 70.7 Å². The van der Waals surface area contributed by atoms with Crippen LogP contribution in [-0.4, -0.2) is 22.5 Å². The minimum Gasteiger partial charge on any atom is -0.443 e. The topological polar surface area (TPSA) is 46.6 Å². The largest absolute Gasteiger partial charge is 0.443 e. The van der Waals surface area contributed by atoms with Crippen molar-refractivity contribution in [2.75, 3.05) is 0 Å². The Kier molecular flexibility index (Phi) is 5.05. The van der Waals surface area contributed by atoms with Crippen LogP contribution in [0.1, 0.15) is 50.3 Å². The number of benzene rings is 2. The Morgan fingerprint density at radius 3 is 2.23 bits per heavy atom. The highest BCUT2D eigenvalue weighted by Crippen LogP contribution is 2.45. The average Bonchev–Trinajstić information content (AvgIpc) is 2.92. The van der Waals surface area contributed by atoms with Crippen LogP contribution in [0.3, 0.4) is 0 Å². The SMILES string of the molecule is CC(C)(C)OC(=O)N1C(=O)CC(c2ccccc2)C1c1ccc(Cl)cc1. The van der Waals surface area contributed by atoms with E-state index >= 15 is 0 Å². The Labute approximate surface area is 158 Å².